The van der Waals surface area contributed by atoms with E-state index in [9.17, 15) is 9.59 Å². The van der Waals surface area contributed by atoms with E-state index in [0.717, 1.165) is 57.0 Å². The Bertz CT molecular complexity index is 895. The van der Waals surface area contributed by atoms with Crippen molar-refractivity contribution in [3.63, 3.8) is 0 Å². The van der Waals surface area contributed by atoms with Gasteiger partial charge in [0.05, 0.1) is 13.0 Å². The molecule has 0 spiro atoms. The van der Waals surface area contributed by atoms with E-state index in [2.05, 4.69) is 22.3 Å². The number of nitrogens with zero attached hydrogens (tertiary/aromatic N) is 3. The van der Waals surface area contributed by atoms with Gasteiger partial charge in [-0.1, -0.05) is 30.3 Å². The van der Waals surface area contributed by atoms with Crippen LogP contribution in [0.15, 0.2) is 54.6 Å². The van der Waals surface area contributed by atoms with Crippen LogP contribution in [-0.4, -0.2) is 73.0 Å². The molecule has 2 aliphatic heterocycles. The highest BCUT2D eigenvalue weighted by Gasteiger charge is 2.32. The molecular formula is C25H32N4O3. The summed E-state index contributed by atoms with van der Waals surface area (Å²) in [6.45, 7) is 5.26. The number of rotatable bonds is 5. The van der Waals surface area contributed by atoms with Crippen LogP contribution in [0.5, 0.6) is 5.75 Å². The lowest BCUT2D eigenvalue weighted by Crippen LogP contribution is -2.53. The van der Waals surface area contributed by atoms with Crippen molar-refractivity contribution in [1.29, 1.82) is 0 Å². The zero-order valence-corrected chi connectivity index (χ0v) is 18.7. The molecule has 1 atom stereocenters. The van der Waals surface area contributed by atoms with Gasteiger partial charge in [-0.05, 0) is 42.7 Å². The van der Waals surface area contributed by atoms with Crippen LogP contribution in [0.25, 0.3) is 0 Å². The van der Waals surface area contributed by atoms with E-state index in [0.29, 0.717) is 13.1 Å². The van der Waals surface area contributed by atoms with Crippen molar-refractivity contribution in [2.45, 2.75) is 19.4 Å². The van der Waals surface area contributed by atoms with Crippen LogP contribution >= 0.6 is 0 Å². The van der Waals surface area contributed by atoms with Gasteiger partial charge < -0.3 is 19.9 Å². The molecule has 3 amide bonds. The van der Waals surface area contributed by atoms with Crippen molar-refractivity contribution in [2.75, 3.05) is 51.7 Å². The molecule has 1 N–H and O–H groups in total. The van der Waals surface area contributed by atoms with Gasteiger partial charge in [-0.15, -0.1) is 0 Å². The maximum absolute atomic E-state index is 13.2. The molecule has 7 nitrogen and oxygen atoms in total. The molecule has 0 radical (unpaired) electrons. The Labute approximate surface area is 189 Å². The predicted octanol–water partition coefficient (Wildman–Crippen LogP) is 3.28. The molecule has 0 unspecified atom stereocenters. The number of amides is 3. The quantitative estimate of drug-likeness (QED) is 0.781. The van der Waals surface area contributed by atoms with Crippen molar-refractivity contribution in [3.8, 4) is 5.75 Å². The lowest BCUT2D eigenvalue weighted by molar-refractivity contribution is -0.138. The van der Waals surface area contributed by atoms with Gasteiger partial charge in [-0.25, -0.2) is 4.79 Å². The first-order valence-corrected chi connectivity index (χ1v) is 11.4. The van der Waals surface area contributed by atoms with E-state index in [4.69, 9.17) is 4.74 Å². The van der Waals surface area contributed by atoms with E-state index < -0.39 is 0 Å². The predicted molar refractivity (Wildman–Crippen MR) is 125 cm³/mol. The van der Waals surface area contributed by atoms with E-state index >= 15 is 0 Å². The standard InChI is InChI=1S/C25H32N4O3/c1-32-23-11-9-20(10-12-23)18-27-14-16-28(17-15-27)24(30)21-6-5-13-29(19-21)25(31)26-22-7-3-2-4-8-22/h2-4,7-12,21H,5-6,13-19H2,1H3,(H,26,31)/t21-/m0/s1. The Hall–Kier alpha value is -3.06. The molecular weight excluding hydrogens is 404 g/mol. The number of piperidine rings is 1. The van der Waals surface area contributed by atoms with Crippen molar-refractivity contribution < 1.29 is 14.3 Å². The van der Waals surface area contributed by atoms with Crippen molar-refractivity contribution in [2.24, 2.45) is 5.92 Å². The lowest BCUT2D eigenvalue weighted by Gasteiger charge is -2.39. The normalized spacial score (nSPS) is 19.5. The van der Waals surface area contributed by atoms with E-state index in [1.54, 1.807) is 12.0 Å². The summed E-state index contributed by atoms with van der Waals surface area (Å²) in [7, 11) is 1.67. The number of likely N-dealkylation sites (tertiary alicyclic amines) is 1. The Morgan fingerprint density at radius 1 is 0.938 bits per heavy atom. The fourth-order valence-corrected chi connectivity index (χ4v) is 4.46. The fraction of sp³-hybridized carbons (Fsp3) is 0.440. The number of hydrogen-bond donors (Lipinski definition) is 1. The first-order valence-electron chi connectivity index (χ1n) is 11.4. The van der Waals surface area contributed by atoms with Gasteiger partial charge in [0, 0.05) is 51.5 Å². The summed E-state index contributed by atoms with van der Waals surface area (Å²) < 4.78 is 5.22. The molecule has 0 aliphatic carbocycles. The largest absolute Gasteiger partial charge is 0.497 e. The highest BCUT2D eigenvalue weighted by molar-refractivity contribution is 5.90. The first-order chi connectivity index (χ1) is 15.6. The molecule has 0 bridgehead atoms. The van der Waals surface area contributed by atoms with E-state index in [1.165, 1.54) is 5.56 Å². The van der Waals surface area contributed by atoms with Crippen LogP contribution in [0.3, 0.4) is 0 Å². The second kappa shape index (κ2) is 10.5. The van der Waals surface area contributed by atoms with Crippen molar-refractivity contribution in [1.82, 2.24) is 14.7 Å². The van der Waals surface area contributed by atoms with Crippen LogP contribution in [-0.2, 0) is 11.3 Å². The first kappa shape index (κ1) is 22.1. The van der Waals surface area contributed by atoms with Gasteiger partial charge in [0.15, 0.2) is 0 Å². The maximum Gasteiger partial charge on any atom is 0.321 e. The van der Waals surface area contributed by atoms with Gasteiger partial charge >= 0.3 is 6.03 Å². The van der Waals surface area contributed by atoms with Crippen LogP contribution < -0.4 is 10.1 Å². The molecule has 2 aromatic rings. The molecule has 2 fully saturated rings. The smallest absolute Gasteiger partial charge is 0.321 e. The Morgan fingerprint density at radius 2 is 1.66 bits per heavy atom. The molecule has 7 heteroatoms. The average Bonchev–Trinajstić information content (AvgIpc) is 2.85. The summed E-state index contributed by atoms with van der Waals surface area (Å²) in [5, 5.41) is 2.93. The number of anilines is 1. The van der Waals surface area contributed by atoms with E-state index in [-0.39, 0.29) is 17.9 Å². The summed E-state index contributed by atoms with van der Waals surface area (Å²) in [4.78, 5) is 31.9. The van der Waals surface area contributed by atoms with Gasteiger partial charge in [0.2, 0.25) is 5.91 Å². The third kappa shape index (κ3) is 5.59. The second-order valence-corrected chi connectivity index (χ2v) is 8.53. The SMILES string of the molecule is COc1ccc(CN2CCN(C(=O)[C@H]3CCCN(C(=O)Nc4ccccc4)C3)CC2)cc1. The number of urea groups is 1. The Morgan fingerprint density at radius 3 is 2.34 bits per heavy atom. The maximum atomic E-state index is 13.2. The molecule has 2 aromatic carbocycles. The molecule has 0 saturated carbocycles. The molecule has 2 heterocycles. The zero-order valence-electron chi connectivity index (χ0n) is 18.7. The number of carbonyl (C=O) groups is 2. The van der Waals surface area contributed by atoms with Crippen molar-refractivity contribution >= 4 is 17.6 Å². The second-order valence-electron chi connectivity index (χ2n) is 8.53. The minimum absolute atomic E-state index is 0.113. The highest BCUT2D eigenvalue weighted by atomic mass is 16.5. The molecule has 0 aromatic heterocycles. The molecule has 4 rings (SSSR count). The highest BCUT2D eigenvalue weighted by Crippen LogP contribution is 2.21. The topological polar surface area (TPSA) is 65.1 Å². The molecule has 2 aliphatic rings. The van der Waals surface area contributed by atoms with Crippen LogP contribution in [0.1, 0.15) is 18.4 Å². The Kier molecular flexibility index (Phi) is 7.27. The molecule has 170 valence electrons. The summed E-state index contributed by atoms with van der Waals surface area (Å²) in [5.74, 6) is 0.938. The van der Waals surface area contributed by atoms with E-state index in [1.807, 2.05) is 47.4 Å². The molecule has 32 heavy (non-hydrogen) atoms. The number of hydrogen-bond acceptors (Lipinski definition) is 4. The number of nitrogens with one attached hydrogen (secondary N) is 1. The van der Waals surface area contributed by atoms with Gasteiger partial charge in [-0.2, -0.15) is 0 Å². The summed E-state index contributed by atoms with van der Waals surface area (Å²) in [6.07, 6.45) is 1.70. The van der Waals surface area contributed by atoms with Crippen LogP contribution in [0.2, 0.25) is 0 Å². The number of methoxy groups -OCH3 is 1. The summed E-state index contributed by atoms with van der Waals surface area (Å²) in [6, 6.07) is 17.5. The summed E-state index contributed by atoms with van der Waals surface area (Å²) in [5.41, 5.74) is 2.02. The lowest BCUT2D eigenvalue weighted by atomic mass is 9.96. The third-order valence-corrected chi connectivity index (χ3v) is 6.33. The fourth-order valence-electron chi connectivity index (χ4n) is 4.46. The van der Waals surface area contributed by atoms with Gasteiger partial charge in [0.1, 0.15) is 5.75 Å². The van der Waals surface area contributed by atoms with Crippen LogP contribution in [0, 0.1) is 5.92 Å². The van der Waals surface area contributed by atoms with Crippen LogP contribution in [0.4, 0.5) is 10.5 Å². The summed E-state index contributed by atoms with van der Waals surface area (Å²) >= 11 is 0. The Balaban J connectivity index is 1.25. The third-order valence-electron chi connectivity index (χ3n) is 6.33. The minimum atomic E-state index is -0.127. The molecule has 2 saturated heterocycles. The van der Waals surface area contributed by atoms with Gasteiger partial charge in [-0.3, -0.25) is 9.69 Å². The number of ether oxygens (including phenoxy) is 1. The monoisotopic (exact) mass is 436 g/mol. The number of benzene rings is 2. The number of para-hydroxylation sites is 1. The number of carbonyl (C=O) groups excluding carboxylic acids is 2. The average molecular weight is 437 g/mol. The van der Waals surface area contributed by atoms with Crippen molar-refractivity contribution in [3.05, 3.63) is 60.2 Å². The minimum Gasteiger partial charge on any atom is -0.497 e. The zero-order chi connectivity index (χ0) is 22.3. The number of piperazine rings is 1. The van der Waals surface area contributed by atoms with Gasteiger partial charge in [0.25, 0.3) is 0 Å².